The van der Waals surface area contributed by atoms with E-state index in [1.807, 2.05) is 0 Å². The molecule has 0 amide bonds. The van der Waals surface area contributed by atoms with Crippen LogP contribution >= 0.6 is 0 Å². The van der Waals surface area contributed by atoms with Crippen LogP contribution < -0.4 is 0 Å². The van der Waals surface area contributed by atoms with Crippen LogP contribution in [0, 0.1) is 0 Å². The van der Waals surface area contributed by atoms with Gasteiger partial charge in [0.15, 0.2) is 6.10 Å². The van der Waals surface area contributed by atoms with Crippen molar-refractivity contribution in [1.29, 1.82) is 0 Å². The van der Waals surface area contributed by atoms with E-state index in [0.29, 0.717) is 19.3 Å². The van der Waals surface area contributed by atoms with Crippen LogP contribution in [0.15, 0.2) is 97.2 Å². The van der Waals surface area contributed by atoms with Crippen molar-refractivity contribution in [3.63, 3.8) is 0 Å². The monoisotopic (exact) mass is 1010 g/mol. The maximum absolute atomic E-state index is 12.9. The van der Waals surface area contributed by atoms with Crippen molar-refractivity contribution in [2.45, 2.75) is 297 Å². The summed E-state index contributed by atoms with van der Waals surface area (Å²) in [6.07, 6.45) is 81.3. The Kier molecular flexibility index (Phi) is 57.8. The summed E-state index contributed by atoms with van der Waals surface area (Å²) in [5.41, 5.74) is 0. The fourth-order valence-corrected chi connectivity index (χ4v) is 8.42. The Morgan fingerprint density at radius 2 is 0.548 bits per heavy atom. The van der Waals surface area contributed by atoms with Gasteiger partial charge in [0.25, 0.3) is 0 Å². The SMILES string of the molecule is CC/C=C\C/C=C\C/C=C\C/C=C\CCCCCCC(=O)OC(COC(=O)CCCCCCC/C=C\CCCC)COC(=O)CCCCCCCCCCCCCC/C=C\C/C=C\C/C=C\CCCCCCC. The van der Waals surface area contributed by atoms with Gasteiger partial charge in [0.1, 0.15) is 13.2 Å². The summed E-state index contributed by atoms with van der Waals surface area (Å²) in [5.74, 6) is -0.922. The summed E-state index contributed by atoms with van der Waals surface area (Å²) >= 11 is 0. The van der Waals surface area contributed by atoms with Crippen molar-refractivity contribution in [2.75, 3.05) is 13.2 Å². The zero-order valence-corrected chi connectivity index (χ0v) is 47.9. The minimum atomic E-state index is -0.795. The average Bonchev–Trinajstić information content (AvgIpc) is 3.39. The van der Waals surface area contributed by atoms with Crippen molar-refractivity contribution in [3.8, 4) is 0 Å². The van der Waals surface area contributed by atoms with E-state index in [-0.39, 0.29) is 31.1 Å². The molecular weight excluding hydrogens is 901 g/mol. The molecule has 0 aromatic carbocycles. The molecule has 0 aliphatic heterocycles. The smallest absolute Gasteiger partial charge is 0.306 e. The van der Waals surface area contributed by atoms with Gasteiger partial charge >= 0.3 is 17.9 Å². The molecule has 0 saturated heterocycles. The van der Waals surface area contributed by atoms with Crippen molar-refractivity contribution in [1.82, 2.24) is 0 Å². The van der Waals surface area contributed by atoms with E-state index < -0.39 is 6.10 Å². The highest BCUT2D eigenvalue weighted by atomic mass is 16.6. The Morgan fingerprint density at radius 1 is 0.288 bits per heavy atom. The van der Waals surface area contributed by atoms with Gasteiger partial charge in [0, 0.05) is 19.3 Å². The first kappa shape index (κ1) is 69.3. The molecule has 1 atom stereocenters. The molecule has 418 valence electrons. The first-order chi connectivity index (χ1) is 36.0. The van der Waals surface area contributed by atoms with E-state index in [0.717, 1.165) is 122 Å². The van der Waals surface area contributed by atoms with Crippen LogP contribution in [0.5, 0.6) is 0 Å². The van der Waals surface area contributed by atoms with Crippen LogP contribution in [0.4, 0.5) is 0 Å². The highest BCUT2D eigenvalue weighted by Gasteiger charge is 2.19. The van der Waals surface area contributed by atoms with Gasteiger partial charge in [-0.05, 0) is 116 Å². The van der Waals surface area contributed by atoms with Crippen LogP contribution in [0.3, 0.4) is 0 Å². The van der Waals surface area contributed by atoms with Crippen LogP contribution in [-0.4, -0.2) is 37.2 Å². The third-order valence-electron chi connectivity index (χ3n) is 13.0. The largest absolute Gasteiger partial charge is 0.462 e. The Bertz CT molecular complexity index is 1440. The fourth-order valence-electron chi connectivity index (χ4n) is 8.42. The van der Waals surface area contributed by atoms with Crippen LogP contribution in [0.1, 0.15) is 290 Å². The zero-order chi connectivity index (χ0) is 52.9. The van der Waals surface area contributed by atoms with E-state index >= 15 is 0 Å². The standard InChI is InChI=1S/C67H114O6/c1-4-7-10-13-16-19-22-24-26-28-29-30-31-32-33-34-35-36-37-39-40-42-45-48-51-54-57-60-66(69)72-63-64(62-71-65(68)59-56-53-50-47-44-21-18-15-12-9-6-3)73-67(70)61-58-55-52-49-46-43-41-38-27-25-23-20-17-14-11-8-5-2/h8,11,15,17-18,20,22,24-25,27-29,31-32,41,43,64H,4-7,9-10,12-14,16,19,21,23,26,30,33-40,42,44-63H2,1-3H3/b11-8-,18-15-,20-17-,24-22-,27-25-,29-28-,32-31-,43-41-. The molecule has 0 heterocycles. The number of rotatable bonds is 55. The lowest BCUT2D eigenvalue weighted by Gasteiger charge is -2.18. The molecule has 0 aromatic rings. The van der Waals surface area contributed by atoms with Gasteiger partial charge in [-0.2, -0.15) is 0 Å². The molecule has 0 radical (unpaired) electrons. The van der Waals surface area contributed by atoms with E-state index in [4.69, 9.17) is 14.2 Å². The van der Waals surface area contributed by atoms with Gasteiger partial charge in [-0.1, -0.05) is 253 Å². The number of esters is 3. The second-order valence-electron chi connectivity index (χ2n) is 20.2. The normalized spacial score (nSPS) is 12.8. The molecule has 6 heteroatoms. The van der Waals surface area contributed by atoms with Crippen LogP contribution in [0.25, 0.3) is 0 Å². The predicted molar refractivity (Wildman–Crippen MR) is 316 cm³/mol. The predicted octanol–water partition coefficient (Wildman–Crippen LogP) is 20.9. The number of unbranched alkanes of at least 4 members (excludes halogenated alkanes) is 28. The minimum absolute atomic E-state index is 0.0910. The lowest BCUT2D eigenvalue weighted by molar-refractivity contribution is -0.167. The molecule has 1 unspecified atom stereocenters. The quantitative estimate of drug-likeness (QED) is 0.0261. The topological polar surface area (TPSA) is 78.9 Å². The van der Waals surface area contributed by atoms with E-state index in [1.54, 1.807) is 0 Å². The van der Waals surface area contributed by atoms with Gasteiger partial charge in [-0.3, -0.25) is 14.4 Å². The summed E-state index contributed by atoms with van der Waals surface area (Å²) in [4.78, 5) is 38.2. The van der Waals surface area contributed by atoms with Gasteiger partial charge in [-0.25, -0.2) is 0 Å². The summed E-state index contributed by atoms with van der Waals surface area (Å²) < 4.78 is 16.8. The van der Waals surface area contributed by atoms with Crippen molar-refractivity contribution < 1.29 is 28.6 Å². The van der Waals surface area contributed by atoms with Crippen molar-refractivity contribution >= 4 is 17.9 Å². The third-order valence-corrected chi connectivity index (χ3v) is 13.0. The summed E-state index contributed by atoms with van der Waals surface area (Å²) in [6.45, 7) is 6.46. The van der Waals surface area contributed by atoms with Gasteiger partial charge in [0.2, 0.25) is 0 Å². The molecule has 0 fully saturated rings. The van der Waals surface area contributed by atoms with Crippen LogP contribution in [0.2, 0.25) is 0 Å². The maximum Gasteiger partial charge on any atom is 0.306 e. The number of hydrogen-bond acceptors (Lipinski definition) is 6. The second kappa shape index (κ2) is 60.9. The highest BCUT2D eigenvalue weighted by Crippen LogP contribution is 2.15. The molecule has 0 spiro atoms. The fraction of sp³-hybridized carbons (Fsp3) is 0.716. The Balaban J connectivity index is 4.28. The summed E-state index contributed by atoms with van der Waals surface area (Å²) in [5, 5.41) is 0. The Hall–Kier alpha value is -3.67. The Labute approximate surface area is 451 Å². The number of allylic oxidation sites excluding steroid dienone is 16. The molecule has 0 aliphatic carbocycles. The number of ether oxygens (including phenoxy) is 3. The summed E-state index contributed by atoms with van der Waals surface area (Å²) in [6, 6.07) is 0. The summed E-state index contributed by atoms with van der Waals surface area (Å²) in [7, 11) is 0. The molecule has 73 heavy (non-hydrogen) atoms. The second-order valence-corrected chi connectivity index (χ2v) is 20.2. The van der Waals surface area contributed by atoms with Crippen molar-refractivity contribution in [3.05, 3.63) is 97.2 Å². The van der Waals surface area contributed by atoms with E-state index in [9.17, 15) is 14.4 Å². The Morgan fingerprint density at radius 3 is 0.890 bits per heavy atom. The first-order valence-electron chi connectivity index (χ1n) is 30.7. The lowest BCUT2D eigenvalue weighted by atomic mass is 10.0. The molecular formula is C67H114O6. The van der Waals surface area contributed by atoms with Crippen LogP contribution in [-0.2, 0) is 28.6 Å². The third kappa shape index (κ3) is 59.1. The number of carbonyl (C=O) groups is 3. The molecule has 0 rings (SSSR count). The highest BCUT2D eigenvalue weighted by molar-refractivity contribution is 5.71. The molecule has 0 aliphatic rings. The lowest BCUT2D eigenvalue weighted by Crippen LogP contribution is -2.30. The molecule has 0 saturated carbocycles. The van der Waals surface area contributed by atoms with E-state index in [1.165, 1.54) is 128 Å². The number of hydrogen-bond donors (Lipinski definition) is 0. The van der Waals surface area contributed by atoms with Crippen molar-refractivity contribution in [2.24, 2.45) is 0 Å². The molecule has 6 nitrogen and oxygen atoms in total. The average molecular weight is 1020 g/mol. The first-order valence-corrected chi connectivity index (χ1v) is 30.7. The molecule has 0 aromatic heterocycles. The van der Waals surface area contributed by atoms with Gasteiger partial charge in [0.05, 0.1) is 0 Å². The zero-order valence-electron chi connectivity index (χ0n) is 47.9. The van der Waals surface area contributed by atoms with Gasteiger partial charge < -0.3 is 14.2 Å². The van der Waals surface area contributed by atoms with E-state index in [2.05, 4.69) is 118 Å². The number of carbonyl (C=O) groups excluding carboxylic acids is 3. The van der Waals surface area contributed by atoms with Gasteiger partial charge in [-0.15, -0.1) is 0 Å². The molecule has 0 N–H and O–H groups in total. The minimum Gasteiger partial charge on any atom is -0.462 e. The maximum atomic E-state index is 12.9. The molecule has 0 bridgehead atoms.